The fraction of sp³-hybridized carbons (Fsp3) is 0.357. The first-order valence-electron chi connectivity index (χ1n) is 6.67. The van der Waals surface area contributed by atoms with Crippen LogP contribution < -0.4 is 15.2 Å². The van der Waals surface area contributed by atoms with Crippen molar-refractivity contribution in [2.24, 2.45) is 0 Å². The molecule has 2 N–H and O–H groups in total. The Morgan fingerprint density at radius 3 is 3.05 bits per heavy atom. The number of hydrogen-bond donors (Lipinski definition) is 1. The van der Waals surface area contributed by atoms with Crippen molar-refractivity contribution in [1.29, 1.82) is 0 Å². The van der Waals surface area contributed by atoms with Crippen molar-refractivity contribution in [3.63, 3.8) is 0 Å². The number of benzene rings is 1. The van der Waals surface area contributed by atoms with Gasteiger partial charge in [0, 0.05) is 6.42 Å². The SMILES string of the molecule is CCCOc1nc(N)nc(-c2cccc3c2OCC3)n1. The van der Waals surface area contributed by atoms with Gasteiger partial charge in [0.25, 0.3) is 0 Å². The lowest BCUT2D eigenvalue weighted by molar-refractivity contribution is 0.292. The van der Waals surface area contributed by atoms with Gasteiger partial charge in [-0.1, -0.05) is 19.1 Å². The lowest BCUT2D eigenvalue weighted by Crippen LogP contribution is -2.06. The molecule has 2 heterocycles. The predicted octanol–water partition coefficient (Wildman–Crippen LogP) is 1.84. The van der Waals surface area contributed by atoms with E-state index in [0.29, 0.717) is 19.0 Å². The van der Waals surface area contributed by atoms with Crippen LogP contribution in [0.25, 0.3) is 11.4 Å². The van der Waals surface area contributed by atoms with Crippen molar-refractivity contribution in [3.8, 4) is 23.1 Å². The van der Waals surface area contributed by atoms with Crippen molar-refractivity contribution in [2.75, 3.05) is 18.9 Å². The van der Waals surface area contributed by atoms with Crippen LogP contribution in [0.15, 0.2) is 18.2 Å². The number of nitrogens with zero attached hydrogens (tertiary/aromatic N) is 3. The molecule has 1 aliphatic heterocycles. The molecule has 0 radical (unpaired) electrons. The van der Waals surface area contributed by atoms with Crippen LogP contribution in [0.2, 0.25) is 0 Å². The van der Waals surface area contributed by atoms with E-state index < -0.39 is 0 Å². The minimum absolute atomic E-state index is 0.150. The summed E-state index contributed by atoms with van der Waals surface area (Å²) in [4.78, 5) is 12.5. The van der Waals surface area contributed by atoms with E-state index in [-0.39, 0.29) is 12.0 Å². The van der Waals surface area contributed by atoms with E-state index in [9.17, 15) is 0 Å². The summed E-state index contributed by atoms with van der Waals surface area (Å²) < 4.78 is 11.1. The summed E-state index contributed by atoms with van der Waals surface area (Å²) in [6.07, 6.45) is 1.79. The summed E-state index contributed by atoms with van der Waals surface area (Å²) in [6.45, 7) is 3.25. The number of fused-ring (bicyclic) bond motifs is 1. The second-order valence-corrected chi connectivity index (χ2v) is 4.54. The van der Waals surface area contributed by atoms with Gasteiger partial charge in [0.2, 0.25) is 5.95 Å². The Balaban J connectivity index is 2.02. The van der Waals surface area contributed by atoms with Crippen molar-refractivity contribution < 1.29 is 9.47 Å². The Bertz CT molecular complexity index is 631. The highest BCUT2D eigenvalue weighted by atomic mass is 16.5. The molecule has 0 aliphatic carbocycles. The molecule has 2 aromatic rings. The minimum atomic E-state index is 0.150. The summed E-state index contributed by atoms with van der Waals surface area (Å²) in [7, 11) is 0. The fourth-order valence-electron chi connectivity index (χ4n) is 2.14. The zero-order valence-corrected chi connectivity index (χ0v) is 11.3. The van der Waals surface area contributed by atoms with Crippen LogP contribution in [0.1, 0.15) is 18.9 Å². The molecule has 0 amide bonds. The lowest BCUT2D eigenvalue weighted by Gasteiger charge is -2.09. The predicted molar refractivity (Wildman–Crippen MR) is 74.7 cm³/mol. The third-order valence-corrected chi connectivity index (χ3v) is 3.02. The number of hydrogen-bond acceptors (Lipinski definition) is 6. The first-order valence-corrected chi connectivity index (χ1v) is 6.67. The highest BCUT2D eigenvalue weighted by Gasteiger charge is 2.19. The van der Waals surface area contributed by atoms with Gasteiger partial charge < -0.3 is 15.2 Å². The van der Waals surface area contributed by atoms with Gasteiger partial charge >= 0.3 is 6.01 Å². The molecule has 0 bridgehead atoms. The largest absolute Gasteiger partial charge is 0.492 e. The third kappa shape index (κ3) is 2.36. The average molecular weight is 272 g/mol. The highest BCUT2D eigenvalue weighted by Crippen LogP contribution is 2.35. The van der Waals surface area contributed by atoms with Crippen LogP contribution in [0, 0.1) is 0 Å². The van der Waals surface area contributed by atoms with Gasteiger partial charge in [0.15, 0.2) is 5.82 Å². The summed E-state index contributed by atoms with van der Waals surface area (Å²) in [6, 6.07) is 6.19. The van der Waals surface area contributed by atoms with E-state index in [2.05, 4.69) is 15.0 Å². The van der Waals surface area contributed by atoms with E-state index in [4.69, 9.17) is 15.2 Å². The van der Waals surface area contributed by atoms with Crippen molar-refractivity contribution >= 4 is 5.95 Å². The molecule has 1 aromatic carbocycles. The van der Waals surface area contributed by atoms with E-state index in [1.54, 1.807) is 0 Å². The maximum absolute atomic E-state index is 5.73. The van der Waals surface area contributed by atoms with Gasteiger partial charge in [-0.2, -0.15) is 15.0 Å². The van der Waals surface area contributed by atoms with E-state index in [1.807, 2.05) is 25.1 Å². The molecule has 0 unspecified atom stereocenters. The first kappa shape index (κ1) is 12.7. The van der Waals surface area contributed by atoms with Crippen LogP contribution in [-0.2, 0) is 6.42 Å². The topological polar surface area (TPSA) is 83.2 Å². The second-order valence-electron chi connectivity index (χ2n) is 4.54. The van der Waals surface area contributed by atoms with Crippen molar-refractivity contribution in [1.82, 2.24) is 15.0 Å². The van der Waals surface area contributed by atoms with Gasteiger partial charge in [-0.05, 0) is 18.1 Å². The van der Waals surface area contributed by atoms with Crippen LogP contribution in [-0.4, -0.2) is 28.2 Å². The molecule has 1 aromatic heterocycles. The summed E-state index contributed by atoms with van der Waals surface area (Å²) in [5.74, 6) is 1.47. The van der Waals surface area contributed by atoms with Crippen molar-refractivity contribution in [3.05, 3.63) is 23.8 Å². The van der Waals surface area contributed by atoms with Gasteiger partial charge in [0.05, 0.1) is 18.8 Å². The number of nitrogen functional groups attached to an aromatic ring is 1. The number of rotatable bonds is 4. The van der Waals surface area contributed by atoms with Crippen LogP contribution in [0.5, 0.6) is 11.8 Å². The second kappa shape index (κ2) is 5.32. The molecule has 0 spiro atoms. The Hall–Kier alpha value is -2.37. The summed E-state index contributed by atoms with van der Waals surface area (Å²) >= 11 is 0. The zero-order chi connectivity index (χ0) is 13.9. The average Bonchev–Trinajstić information content (AvgIpc) is 2.92. The highest BCUT2D eigenvalue weighted by molar-refractivity contribution is 5.68. The molecule has 0 saturated heterocycles. The number of anilines is 1. The van der Waals surface area contributed by atoms with E-state index in [0.717, 1.165) is 29.7 Å². The van der Waals surface area contributed by atoms with Gasteiger partial charge in [0.1, 0.15) is 5.75 Å². The van der Waals surface area contributed by atoms with Crippen LogP contribution in [0.3, 0.4) is 0 Å². The van der Waals surface area contributed by atoms with E-state index >= 15 is 0 Å². The first-order chi connectivity index (χ1) is 9.78. The standard InChI is InChI=1S/C14H16N4O2/c1-2-7-20-14-17-12(16-13(15)18-14)10-5-3-4-9-6-8-19-11(9)10/h3-5H,2,6-8H2,1H3,(H2,15,16,17,18). The molecule has 0 fully saturated rings. The Labute approximate surface area is 117 Å². The Morgan fingerprint density at radius 1 is 1.30 bits per heavy atom. The maximum Gasteiger partial charge on any atom is 0.321 e. The molecule has 1 aliphatic rings. The Kier molecular flexibility index (Phi) is 3.37. The number of ether oxygens (including phenoxy) is 2. The normalized spacial score (nSPS) is 12.8. The number of nitrogens with two attached hydrogens (primary N) is 1. The molecule has 6 nitrogen and oxygen atoms in total. The third-order valence-electron chi connectivity index (χ3n) is 3.02. The fourth-order valence-corrected chi connectivity index (χ4v) is 2.14. The quantitative estimate of drug-likeness (QED) is 0.914. The molecule has 104 valence electrons. The van der Waals surface area contributed by atoms with Gasteiger partial charge in [-0.3, -0.25) is 0 Å². The van der Waals surface area contributed by atoms with E-state index in [1.165, 1.54) is 0 Å². The molecule has 3 rings (SSSR count). The molecule has 0 saturated carbocycles. The van der Waals surface area contributed by atoms with Crippen LogP contribution in [0.4, 0.5) is 5.95 Å². The molecule has 20 heavy (non-hydrogen) atoms. The molecule has 0 atom stereocenters. The van der Waals surface area contributed by atoms with Crippen molar-refractivity contribution in [2.45, 2.75) is 19.8 Å². The number of para-hydroxylation sites is 1. The molecular formula is C14H16N4O2. The molecular weight excluding hydrogens is 256 g/mol. The smallest absolute Gasteiger partial charge is 0.321 e. The van der Waals surface area contributed by atoms with Gasteiger partial charge in [-0.15, -0.1) is 0 Å². The van der Waals surface area contributed by atoms with Crippen LogP contribution >= 0.6 is 0 Å². The maximum atomic E-state index is 5.73. The molecule has 6 heteroatoms. The number of aromatic nitrogens is 3. The van der Waals surface area contributed by atoms with Gasteiger partial charge in [-0.25, -0.2) is 0 Å². The minimum Gasteiger partial charge on any atom is -0.492 e. The zero-order valence-electron chi connectivity index (χ0n) is 11.3. The Morgan fingerprint density at radius 2 is 2.20 bits per heavy atom. The summed E-state index contributed by atoms with van der Waals surface area (Å²) in [5.41, 5.74) is 7.72. The monoisotopic (exact) mass is 272 g/mol. The lowest BCUT2D eigenvalue weighted by atomic mass is 10.1. The summed E-state index contributed by atoms with van der Waals surface area (Å²) in [5, 5.41) is 0.